The molecule has 0 aliphatic rings. The zero-order chi connectivity index (χ0) is 15.4. The normalized spacial score (nSPS) is 10.8. The van der Waals surface area contributed by atoms with Crippen LogP contribution in [0.15, 0.2) is 18.2 Å². The van der Waals surface area contributed by atoms with E-state index in [9.17, 15) is 4.79 Å². The molecule has 0 aliphatic carbocycles. The Hall–Kier alpha value is -1.82. The number of aromatic amines is 1. The molecule has 2 rings (SSSR count). The quantitative estimate of drug-likeness (QED) is 0.835. The number of rotatable bonds is 6. The fourth-order valence-corrected chi connectivity index (χ4v) is 2.34. The number of amides is 1. The number of ether oxygens (including phenoxy) is 1. The lowest BCUT2D eigenvalue weighted by molar-refractivity contribution is -0.130. The van der Waals surface area contributed by atoms with Gasteiger partial charge in [0.2, 0.25) is 5.91 Å². The van der Waals surface area contributed by atoms with Gasteiger partial charge in [0.25, 0.3) is 0 Å². The zero-order valence-corrected chi connectivity index (χ0v) is 13.5. The summed E-state index contributed by atoms with van der Waals surface area (Å²) in [7, 11) is 1.79. The van der Waals surface area contributed by atoms with Crippen LogP contribution in [-0.2, 0) is 11.3 Å². The first kappa shape index (κ1) is 15.6. The molecule has 0 saturated heterocycles. The molecule has 2 aromatic rings. The Morgan fingerprint density at radius 1 is 1.43 bits per heavy atom. The van der Waals surface area contributed by atoms with Crippen LogP contribution in [0.4, 0.5) is 0 Å². The summed E-state index contributed by atoms with van der Waals surface area (Å²) < 4.78 is 8.08. The molecule has 21 heavy (non-hydrogen) atoms. The Bertz CT molecular complexity index is 690. The second-order valence-electron chi connectivity index (χ2n) is 4.92. The minimum atomic E-state index is 0.0365. The van der Waals surface area contributed by atoms with Crippen LogP contribution in [0.1, 0.15) is 20.3 Å². The minimum absolute atomic E-state index is 0.0365. The van der Waals surface area contributed by atoms with Crippen LogP contribution in [0, 0.1) is 4.77 Å². The summed E-state index contributed by atoms with van der Waals surface area (Å²) in [6.45, 7) is 5.58. The molecular weight excluding hydrogens is 286 g/mol. The van der Waals surface area contributed by atoms with Gasteiger partial charge >= 0.3 is 0 Å². The minimum Gasteiger partial charge on any atom is -0.491 e. The molecule has 0 bridgehead atoms. The van der Waals surface area contributed by atoms with E-state index in [-0.39, 0.29) is 12.5 Å². The standard InChI is InChI=1S/C15H21N3O2S/c1-4-9-20-12-8-6-7-11-14(12)16-15(21)18(11)10-13(19)17(3)5-2/h6-8H,4-5,9-10H2,1-3H3,(H,16,21). The number of para-hydroxylation sites is 1. The third-order valence-corrected chi connectivity index (χ3v) is 3.75. The van der Waals surface area contributed by atoms with Crippen molar-refractivity contribution in [3.05, 3.63) is 23.0 Å². The number of benzene rings is 1. The lowest BCUT2D eigenvalue weighted by atomic mass is 10.3. The first-order valence-electron chi connectivity index (χ1n) is 7.16. The summed E-state index contributed by atoms with van der Waals surface area (Å²) in [4.78, 5) is 16.9. The Labute approximate surface area is 129 Å². The third kappa shape index (κ3) is 3.26. The molecule has 5 nitrogen and oxygen atoms in total. The van der Waals surface area contributed by atoms with E-state index in [0.29, 0.717) is 17.9 Å². The number of likely N-dealkylation sites (N-methyl/N-ethyl adjacent to an activating group) is 1. The summed E-state index contributed by atoms with van der Waals surface area (Å²) in [5.74, 6) is 0.810. The van der Waals surface area contributed by atoms with E-state index >= 15 is 0 Å². The van der Waals surface area contributed by atoms with Gasteiger partial charge in [-0.3, -0.25) is 4.79 Å². The van der Waals surface area contributed by atoms with Crippen LogP contribution in [0.25, 0.3) is 11.0 Å². The van der Waals surface area contributed by atoms with Crippen LogP contribution < -0.4 is 4.74 Å². The predicted molar refractivity (Wildman–Crippen MR) is 86.2 cm³/mol. The van der Waals surface area contributed by atoms with E-state index in [1.54, 1.807) is 11.9 Å². The van der Waals surface area contributed by atoms with Crippen LogP contribution in [0.3, 0.4) is 0 Å². The number of hydrogen-bond acceptors (Lipinski definition) is 3. The summed E-state index contributed by atoms with van der Waals surface area (Å²) in [5.41, 5.74) is 1.74. The predicted octanol–water partition coefficient (Wildman–Crippen LogP) is 2.97. The molecule has 114 valence electrons. The van der Waals surface area contributed by atoms with Gasteiger partial charge in [0.1, 0.15) is 17.8 Å². The fraction of sp³-hybridized carbons (Fsp3) is 0.467. The molecule has 0 fully saturated rings. The second kappa shape index (κ2) is 6.76. The van der Waals surface area contributed by atoms with Gasteiger partial charge in [-0.2, -0.15) is 0 Å². The topological polar surface area (TPSA) is 50.3 Å². The highest BCUT2D eigenvalue weighted by molar-refractivity contribution is 7.71. The van der Waals surface area contributed by atoms with Crippen LogP contribution >= 0.6 is 12.2 Å². The number of carbonyl (C=O) groups is 1. The Morgan fingerprint density at radius 3 is 2.86 bits per heavy atom. The summed E-state index contributed by atoms with van der Waals surface area (Å²) >= 11 is 5.35. The average molecular weight is 307 g/mol. The van der Waals surface area contributed by atoms with E-state index in [4.69, 9.17) is 17.0 Å². The molecule has 6 heteroatoms. The van der Waals surface area contributed by atoms with Gasteiger partial charge in [-0.05, 0) is 37.7 Å². The zero-order valence-electron chi connectivity index (χ0n) is 12.7. The summed E-state index contributed by atoms with van der Waals surface area (Å²) in [5, 5.41) is 0. The lowest BCUT2D eigenvalue weighted by Gasteiger charge is -2.15. The molecular formula is C15H21N3O2S. The third-order valence-electron chi connectivity index (χ3n) is 3.43. The van der Waals surface area contributed by atoms with Crippen molar-refractivity contribution in [3.8, 4) is 5.75 Å². The van der Waals surface area contributed by atoms with Crippen molar-refractivity contribution < 1.29 is 9.53 Å². The van der Waals surface area contributed by atoms with Crippen LogP contribution in [-0.4, -0.2) is 40.6 Å². The van der Waals surface area contributed by atoms with Gasteiger partial charge in [-0.15, -0.1) is 0 Å². The maximum Gasteiger partial charge on any atom is 0.242 e. The molecule has 0 aliphatic heterocycles. The van der Waals surface area contributed by atoms with E-state index in [1.807, 2.05) is 29.7 Å². The van der Waals surface area contributed by atoms with E-state index < -0.39 is 0 Å². The van der Waals surface area contributed by atoms with Crippen molar-refractivity contribution in [2.45, 2.75) is 26.8 Å². The maximum absolute atomic E-state index is 12.1. The van der Waals surface area contributed by atoms with Gasteiger partial charge in [0, 0.05) is 13.6 Å². The molecule has 0 atom stereocenters. The number of fused-ring (bicyclic) bond motifs is 1. The van der Waals surface area contributed by atoms with Crippen LogP contribution in [0.5, 0.6) is 5.75 Å². The lowest BCUT2D eigenvalue weighted by Crippen LogP contribution is -2.29. The van der Waals surface area contributed by atoms with Gasteiger partial charge in [-0.1, -0.05) is 13.0 Å². The Kier molecular flexibility index (Phi) is 5.01. The molecule has 0 spiro atoms. The van der Waals surface area contributed by atoms with Crippen molar-refractivity contribution >= 4 is 29.2 Å². The van der Waals surface area contributed by atoms with Crippen LogP contribution in [0.2, 0.25) is 0 Å². The summed E-state index contributed by atoms with van der Waals surface area (Å²) in [6, 6.07) is 5.77. The van der Waals surface area contributed by atoms with Crippen molar-refractivity contribution in [1.29, 1.82) is 0 Å². The van der Waals surface area contributed by atoms with Gasteiger partial charge in [0.05, 0.1) is 12.1 Å². The molecule has 1 aromatic heterocycles. The second-order valence-corrected chi connectivity index (χ2v) is 5.31. The summed E-state index contributed by atoms with van der Waals surface area (Å²) in [6.07, 6.45) is 0.942. The van der Waals surface area contributed by atoms with Crippen molar-refractivity contribution in [1.82, 2.24) is 14.5 Å². The molecule has 1 heterocycles. The number of aromatic nitrogens is 2. The van der Waals surface area contributed by atoms with Gasteiger partial charge in [0.15, 0.2) is 4.77 Å². The molecule has 0 unspecified atom stereocenters. The fourth-order valence-electron chi connectivity index (χ4n) is 2.08. The van der Waals surface area contributed by atoms with Crippen molar-refractivity contribution in [2.24, 2.45) is 0 Å². The highest BCUT2D eigenvalue weighted by Gasteiger charge is 2.13. The van der Waals surface area contributed by atoms with Gasteiger partial charge in [-0.25, -0.2) is 0 Å². The highest BCUT2D eigenvalue weighted by atomic mass is 32.1. The molecule has 1 amide bonds. The largest absolute Gasteiger partial charge is 0.491 e. The Morgan fingerprint density at radius 2 is 2.19 bits per heavy atom. The smallest absolute Gasteiger partial charge is 0.242 e. The number of hydrogen-bond donors (Lipinski definition) is 1. The van der Waals surface area contributed by atoms with E-state index in [0.717, 1.165) is 23.2 Å². The first-order chi connectivity index (χ1) is 10.1. The number of nitrogens with one attached hydrogen (secondary N) is 1. The SMILES string of the molecule is CCCOc1cccc2c1[nH]c(=S)n2CC(=O)N(C)CC. The van der Waals surface area contributed by atoms with Crippen molar-refractivity contribution in [3.63, 3.8) is 0 Å². The Balaban J connectivity index is 2.39. The molecule has 1 aromatic carbocycles. The number of H-pyrrole nitrogens is 1. The molecule has 0 saturated carbocycles. The number of carbonyl (C=O) groups excluding carboxylic acids is 1. The van der Waals surface area contributed by atoms with Crippen molar-refractivity contribution in [2.75, 3.05) is 20.2 Å². The van der Waals surface area contributed by atoms with Gasteiger partial charge < -0.3 is 19.2 Å². The molecule has 1 N–H and O–H groups in total. The number of imidazole rings is 1. The number of nitrogens with zero attached hydrogens (tertiary/aromatic N) is 2. The maximum atomic E-state index is 12.1. The first-order valence-corrected chi connectivity index (χ1v) is 7.57. The van der Waals surface area contributed by atoms with E-state index in [1.165, 1.54) is 0 Å². The monoisotopic (exact) mass is 307 g/mol. The molecule has 0 radical (unpaired) electrons. The highest BCUT2D eigenvalue weighted by Crippen LogP contribution is 2.25. The van der Waals surface area contributed by atoms with E-state index in [2.05, 4.69) is 11.9 Å². The average Bonchev–Trinajstić information content (AvgIpc) is 2.81.